The van der Waals surface area contributed by atoms with Crippen molar-refractivity contribution < 1.29 is 19.2 Å². The predicted octanol–water partition coefficient (Wildman–Crippen LogP) is 2.78. The second-order valence-corrected chi connectivity index (χ2v) is 6.00. The van der Waals surface area contributed by atoms with Gasteiger partial charge in [0.25, 0.3) is 5.69 Å². The predicted molar refractivity (Wildman–Crippen MR) is 95.2 cm³/mol. The van der Waals surface area contributed by atoms with Crippen molar-refractivity contribution in [2.24, 2.45) is 0 Å². The summed E-state index contributed by atoms with van der Waals surface area (Å²) in [7, 11) is 1.91. The topological polar surface area (TPSA) is 93.9 Å². The van der Waals surface area contributed by atoms with Gasteiger partial charge < -0.3 is 19.7 Å². The molecule has 8 nitrogen and oxygen atoms in total. The van der Waals surface area contributed by atoms with Crippen LogP contribution in [0.25, 0.3) is 0 Å². The summed E-state index contributed by atoms with van der Waals surface area (Å²) in [5.41, 5.74) is 1.14. The molecule has 26 heavy (non-hydrogen) atoms. The smallest absolute Gasteiger partial charge is 0.292 e. The van der Waals surface area contributed by atoms with Gasteiger partial charge in [-0.1, -0.05) is 18.2 Å². The first-order valence-corrected chi connectivity index (χ1v) is 8.13. The molecule has 2 aromatic rings. The van der Waals surface area contributed by atoms with E-state index < -0.39 is 4.92 Å². The SMILES string of the molecule is CN(CCC(=O)Nc1ccccc1[N+](=O)[O-])Cc1ccc2c(c1)OCO2. The number of amides is 1. The summed E-state index contributed by atoms with van der Waals surface area (Å²) in [6.07, 6.45) is 0.229. The van der Waals surface area contributed by atoms with Crippen LogP contribution in [0.3, 0.4) is 0 Å². The van der Waals surface area contributed by atoms with Gasteiger partial charge in [0.15, 0.2) is 11.5 Å². The van der Waals surface area contributed by atoms with E-state index >= 15 is 0 Å². The van der Waals surface area contributed by atoms with Crippen molar-refractivity contribution in [3.05, 3.63) is 58.1 Å². The Bertz CT molecular complexity index is 824. The fourth-order valence-electron chi connectivity index (χ4n) is 2.67. The molecule has 136 valence electrons. The Morgan fingerprint density at radius 3 is 2.81 bits per heavy atom. The summed E-state index contributed by atoms with van der Waals surface area (Å²) in [5, 5.41) is 13.6. The van der Waals surface area contributed by atoms with Crippen LogP contribution in [0.4, 0.5) is 11.4 Å². The zero-order valence-electron chi connectivity index (χ0n) is 14.3. The largest absolute Gasteiger partial charge is 0.454 e. The number of hydrogen-bond acceptors (Lipinski definition) is 6. The first-order valence-electron chi connectivity index (χ1n) is 8.13. The number of nitrogens with zero attached hydrogens (tertiary/aromatic N) is 2. The van der Waals surface area contributed by atoms with Crippen LogP contribution in [0.5, 0.6) is 11.5 Å². The van der Waals surface area contributed by atoms with Crippen LogP contribution >= 0.6 is 0 Å². The first kappa shape index (κ1) is 17.7. The second-order valence-electron chi connectivity index (χ2n) is 6.00. The van der Waals surface area contributed by atoms with Crippen molar-refractivity contribution in [1.82, 2.24) is 4.90 Å². The van der Waals surface area contributed by atoms with Crippen LogP contribution in [0.2, 0.25) is 0 Å². The van der Waals surface area contributed by atoms with Gasteiger partial charge >= 0.3 is 0 Å². The summed E-state index contributed by atoms with van der Waals surface area (Å²) in [6, 6.07) is 11.8. The van der Waals surface area contributed by atoms with Crippen LogP contribution in [0.15, 0.2) is 42.5 Å². The number of rotatable bonds is 7. The maximum Gasteiger partial charge on any atom is 0.292 e. The minimum absolute atomic E-state index is 0.116. The highest BCUT2D eigenvalue weighted by atomic mass is 16.7. The molecule has 0 atom stereocenters. The van der Waals surface area contributed by atoms with Crippen LogP contribution < -0.4 is 14.8 Å². The molecule has 1 aliphatic heterocycles. The molecule has 2 aromatic carbocycles. The number of carbonyl (C=O) groups excluding carboxylic acids is 1. The van der Waals surface area contributed by atoms with Gasteiger partial charge in [-0.05, 0) is 30.8 Å². The number of para-hydroxylation sites is 2. The lowest BCUT2D eigenvalue weighted by Gasteiger charge is -2.16. The molecule has 0 aliphatic carbocycles. The average molecular weight is 357 g/mol. The maximum atomic E-state index is 12.1. The molecular formula is C18H19N3O5. The van der Waals surface area contributed by atoms with E-state index in [0.717, 1.165) is 17.1 Å². The lowest BCUT2D eigenvalue weighted by Crippen LogP contribution is -2.24. The molecule has 1 N–H and O–H groups in total. The molecule has 0 saturated carbocycles. The molecule has 0 spiro atoms. The number of hydrogen-bond donors (Lipinski definition) is 1. The van der Waals surface area contributed by atoms with Gasteiger partial charge in [-0.15, -0.1) is 0 Å². The summed E-state index contributed by atoms with van der Waals surface area (Å²) < 4.78 is 10.6. The number of fused-ring (bicyclic) bond motifs is 1. The summed E-state index contributed by atoms with van der Waals surface area (Å²) in [4.78, 5) is 24.6. The summed E-state index contributed by atoms with van der Waals surface area (Å²) >= 11 is 0. The number of benzene rings is 2. The minimum Gasteiger partial charge on any atom is -0.454 e. The van der Waals surface area contributed by atoms with Gasteiger partial charge in [-0.25, -0.2) is 0 Å². The van der Waals surface area contributed by atoms with E-state index in [1.807, 2.05) is 30.1 Å². The van der Waals surface area contributed by atoms with E-state index in [1.165, 1.54) is 12.1 Å². The van der Waals surface area contributed by atoms with E-state index in [9.17, 15) is 14.9 Å². The summed E-state index contributed by atoms with van der Waals surface area (Å²) in [6.45, 7) is 1.40. The minimum atomic E-state index is -0.513. The second kappa shape index (κ2) is 7.83. The Hall–Kier alpha value is -3.13. The van der Waals surface area contributed by atoms with Crippen molar-refractivity contribution in [2.45, 2.75) is 13.0 Å². The molecular weight excluding hydrogens is 338 g/mol. The molecule has 1 aliphatic rings. The van der Waals surface area contributed by atoms with Gasteiger partial charge in [0.05, 0.1) is 4.92 Å². The lowest BCUT2D eigenvalue weighted by atomic mass is 10.2. The molecule has 0 radical (unpaired) electrons. The Labute approximate surface area is 150 Å². The van der Waals surface area contributed by atoms with Crippen LogP contribution in [0.1, 0.15) is 12.0 Å². The Balaban J connectivity index is 1.51. The Morgan fingerprint density at radius 2 is 2.00 bits per heavy atom. The molecule has 0 aromatic heterocycles. The van der Waals surface area contributed by atoms with Crippen LogP contribution in [-0.4, -0.2) is 36.1 Å². The quantitative estimate of drug-likeness (QED) is 0.605. The molecule has 1 heterocycles. The monoisotopic (exact) mass is 357 g/mol. The molecule has 0 saturated heterocycles. The highest BCUT2D eigenvalue weighted by molar-refractivity contribution is 5.93. The Kier molecular flexibility index (Phi) is 5.33. The zero-order valence-corrected chi connectivity index (χ0v) is 14.3. The number of carbonyl (C=O) groups is 1. The highest BCUT2D eigenvalue weighted by Gasteiger charge is 2.16. The number of ether oxygens (including phenoxy) is 2. The molecule has 0 unspecified atom stereocenters. The van der Waals surface area contributed by atoms with Crippen LogP contribution in [0, 0.1) is 10.1 Å². The Morgan fingerprint density at radius 1 is 1.23 bits per heavy atom. The third-order valence-corrected chi connectivity index (χ3v) is 3.98. The van der Waals surface area contributed by atoms with Crippen LogP contribution in [-0.2, 0) is 11.3 Å². The third kappa shape index (κ3) is 4.28. The molecule has 0 fully saturated rings. The van der Waals surface area contributed by atoms with Gasteiger partial charge in [0.1, 0.15) is 5.69 Å². The van der Waals surface area contributed by atoms with E-state index in [2.05, 4.69) is 5.32 Å². The molecule has 3 rings (SSSR count). The molecule has 8 heteroatoms. The third-order valence-electron chi connectivity index (χ3n) is 3.98. The van der Waals surface area contributed by atoms with Gasteiger partial charge in [0.2, 0.25) is 12.7 Å². The fraction of sp³-hybridized carbons (Fsp3) is 0.278. The lowest BCUT2D eigenvalue weighted by molar-refractivity contribution is -0.383. The van der Waals surface area contributed by atoms with E-state index in [-0.39, 0.29) is 30.5 Å². The van der Waals surface area contributed by atoms with Crippen molar-refractivity contribution in [3.8, 4) is 11.5 Å². The highest BCUT2D eigenvalue weighted by Crippen LogP contribution is 2.32. The molecule has 0 bridgehead atoms. The maximum absolute atomic E-state index is 12.1. The van der Waals surface area contributed by atoms with E-state index in [1.54, 1.807) is 12.1 Å². The normalized spacial score (nSPS) is 12.2. The van der Waals surface area contributed by atoms with E-state index in [4.69, 9.17) is 9.47 Å². The van der Waals surface area contributed by atoms with Crippen molar-refractivity contribution in [2.75, 3.05) is 25.7 Å². The average Bonchev–Trinajstić information content (AvgIpc) is 3.08. The standard InChI is InChI=1S/C18H19N3O5/c1-20(11-13-6-7-16-17(10-13)26-12-25-16)9-8-18(22)19-14-4-2-3-5-15(14)21(23)24/h2-7,10H,8-9,11-12H2,1H3,(H,19,22). The van der Waals surface area contributed by atoms with Crippen molar-refractivity contribution >= 4 is 17.3 Å². The number of nitrogens with one attached hydrogen (secondary N) is 1. The summed E-state index contributed by atoms with van der Waals surface area (Å²) in [5.74, 6) is 1.20. The van der Waals surface area contributed by atoms with Gasteiger partial charge in [-0.2, -0.15) is 0 Å². The van der Waals surface area contributed by atoms with Crippen molar-refractivity contribution in [1.29, 1.82) is 0 Å². The number of anilines is 1. The first-order chi connectivity index (χ1) is 12.5. The number of nitro groups is 1. The molecule has 1 amide bonds. The fourth-order valence-corrected chi connectivity index (χ4v) is 2.67. The number of nitro benzene ring substituents is 1. The van der Waals surface area contributed by atoms with Gasteiger partial charge in [-0.3, -0.25) is 14.9 Å². The van der Waals surface area contributed by atoms with E-state index in [0.29, 0.717) is 13.1 Å². The van der Waals surface area contributed by atoms with Gasteiger partial charge in [0, 0.05) is 25.6 Å². The zero-order chi connectivity index (χ0) is 18.5. The van der Waals surface area contributed by atoms with Crippen molar-refractivity contribution in [3.63, 3.8) is 0 Å².